The largest absolute Gasteiger partial charge is 0.491 e. The molecule has 1 aromatic carbocycles. The molecule has 0 aliphatic heterocycles. The van der Waals surface area contributed by atoms with E-state index in [1.807, 2.05) is 50.2 Å². The normalized spacial score (nSPS) is 10.6. The Kier molecular flexibility index (Phi) is 6.16. The van der Waals surface area contributed by atoms with Gasteiger partial charge >= 0.3 is 0 Å². The molecule has 2 N–H and O–H groups in total. The van der Waals surface area contributed by atoms with Gasteiger partial charge in [0, 0.05) is 30.7 Å². The van der Waals surface area contributed by atoms with Gasteiger partial charge in [-0.1, -0.05) is 0 Å². The van der Waals surface area contributed by atoms with Gasteiger partial charge in [-0.25, -0.2) is 9.97 Å². The lowest BCUT2D eigenvalue weighted by Crippen LogP contribution is -2.24. The van der Waals surface area contributed by atoms with Gasteiger partial charge in [-0.05, 0) is 62.7 Å². The number of ether oxygens (including phenoxy) is 1. The second-order valence-corrected chi connectivity index (χ2v) is 6.54. The summed E-state index contributed by atoms with van der Waals surface area (Å²) in [5, 5.41) is 6.06. The first-order chi connectivity index (χ1) is 13.5. The van der Waals surface area contributed by atoms with Crippen LogP contribution in [0.5, 0.6) is 5.75 Å². The molecular weight excluding hydrogens is 354 g/mol. The predicted molar refractivity (Wildman–Crippen MR) is 108 cm³/mol. The molecule has 2 aromatic heterocycles. The second-order valence-electron chi connectivity index (χ2n) is 6.54. The number of carbonyl (C=O) groups excluding carboxylic acids is 1. The van der Waals surface area contributed by atoms with Gasteiger partial charge in [0.15, 0.2) is 0 Å². The van der Waals surface area contributed by atoms with Crippen molar-refractivity contribution in [1.82, 2.24) is 20.3 Å². The number of aromatic nitrogens is 3. The molecule has 0 fully saturated rings. The van der Waals surface area contributed by atoms with Crippen molar-refractivity contribution in [2.24, 2.45) is 0 Å². The maximum atomic E-state index is 12.5. The number of anilines is 2. The molecule has 0 atom stereocenters. The number of nitrogens with zero attached hydrogens (tertiary/aromatic N) is 3. The van der Waals surface area contributed by atoms with E-state index in [9.17, 15) is 4.79 Å². The number of hydrogen-bond donors (Lipinski definition) is 2. The van der Waals surface area contributed by atoms with Crippen LogP contribution in [0.25, 0.3) is 0 Å². The average molecular weight is 377 g/mol. The zero-order valence-corrected chi connectivity index (χ0v) is 16.1. The summed E-state index contributed by atoms with van der Waals surface area (Å²) in [6.07, 6.45) is 3.50. The third kappa shape index (κ3) is 5.51. The molecule has 144 valence electrons. The number of rotatable bonds is 7. The first-order valence-corrected chi connectivity index (χ1v) is 9.06. The van der Waals surface area contributed by atoms with Crippen molar-refractivity contribution in [3.8, 4) is 5.75 Å². The summed E-state index contributed by atoms with van der Waals surface area (Å²) < 4.78 is 5.64. The SMILES string of the molecule is Cc1nc(Nc2ccc(OC(C)C)cc2)cc(C(=O)NCc2ccncc2)n1. The summed E-state index contributed by atoms with van der Waals surface area (Å²) in [6.45, 7) is 6.13. The fourth-order valence-electron chi connectivity index (χ4n) is 2.56. The van der Waals surface area contributed by atoms with E-state index >= 15 is 0 Å². The van der Waals surface area contributed by atoms with E-state index in [2.05, 4.69) is 25.6 Å². The predicted octanol–water partition coefficient (Wildman–Crippen LogP) is 3.64. The Labute approximate surface area is 164 Å². The van der Waals surface area contributed by atoms with Gasteiger partial charge in [0.2, 0.25) is 0 Å². The standard InChI is InChI=1S/C21H23N5O2/c1-14(2)28-18-6-4-17(5-7-18)26-20-12-19(24-15(3)25-20)21(27)23-13-16-8-10-22-11-9-16/h4-12,14H,13H2,1-3H3,(H,23,27)(H,24,25,26). The number of nitrogens with one attached hydrogen (secondary N) is 2. The van der Waals surface area contributed by atoms with Gasteiger partial charge in [-0.15, -0.1) is 0 Å². The average Bonchev–Trinajstić information content (AvgIpc) is 2.67. The van der Waals surface area contributed by atoms with Gasteiger partial charge in [0.1, 0.15) is 23.1 Å². The third-order valence-electron chi connectivity index (χ3n) is 3.77. The molecule has 0 saturated heterocycles. The molecule has 0 radical (unpaired) electrons. The van der Waals surface area contributed by atoms with Crippen molar-refractivity contribution in [2.75, 3.05) is 5.32 Å². The van der Waals surface area contributed by atoms with Crippen LogP contribution >= 0.6 is 0 Å². The summed E-state index contributed by atoms with van der Waals surface area (Å²) in [6, 6.07) is 12.9. The lowest BCUT2D eigenvalue weighted by atomic mass is 10.2. The molecule has 0 saturated carbocycles. The topological polar surface area (TPSA) is 89.0 Å². The summed E-state index contributed by atoms with van der Waals surface area (Å²) >= 11 is 0. The Morgan fingerprint density at radius 1 is 1.07 bits per heavy atom. The van der Waals surface area contributed by atoms with Gasteiger partial charge in [0.25, 0.3) is 5.91 Å². The minimum Gasteiger partial charge on any atom is -0.491 e. The number of hydrogen-bond acceptors (Lipinski definition) is 6. The second kappa shape index (κ2) is 8.94. The van der Waals surface area contributed by atoms with E-state index in [4.69, 9.17) is 4.74 Å². The van der Waals surface area contributed by atoms with Crippen LogP contribution in [0.1, 0.15) is 35.7 Å². The summed E-state index contributed by atoms with van der Waals surface area (Å²) in [5.74, 6) is 1.61. The third-order valence-corrected chi connectivity index (χ3v) is 3.77. The molecule has 3 aromatic rings. The first kappa shape index (κ1) is 19.3. The van der Waals surface area contributed by atoms with Gasteiger partial charge in [-0.3, -0.25) is 9.78 Å². The number of amides is 1. The molecule has 0 spiro atoms. The van der Waals surface area contributed by atoms with E-state index in [1.54, 1.807) is 25.4 Å². The van der Waals surface area contributed by atoms with Crippen LogP contribution in [0.4, 0.5) is 11.5 Å². The molecule has 0 aliphatic carbocycles. The van der Waals surface area contributed by atoms with Crippen molar-refractivity contribution in [2.45, 2.75) is 33.4 Å². The highest BCUT2D eigenvalue weighted by atomic mass is 16.5. The fraction of sp³-hybridized carbons (Fsp3) is 0.238. The van der Waals surface area contributed by atoms with Crippen LogP contribution in [0.3, 0.4) is 0 Å². The number of pyridine rings is 1. The first-order valence-electron chi connectivity index (χ1n) is 9.06. The molecule has 0 aliphatic rings. The monoisotopic (exact) mass is 377 g/mol. The molecule has 0 bridgehead atoms. The molecule has 0 unspecified atom stereocenters. The van der Waals surface area contributed by atoms with Gasteiger partial charge in [0.05, 0.1) is 6.10 Å². The Morgan fingerprint density at radius 2 is 1.79 bits per heavy atom. The minimum atomic E-state index is -0.258. The minimum absolute atomic E-state index is 0.122. The Balaban J connectivity index is 1.67. The Bertz CT molecular complexity index is 927. The van der Waals surface area contributed by atoms with Crippen molar-refractivity contribution in [3.63, 3.8) is 0 Å². The van der Waals surface area contributed by atoms with Crippen molar-refractivity contribution < 1.29 is 9.53 Å². The lowest BCUT2D eigenvalue weighted by Gasteiger charge is -2.12. The highest BCUT2D eigenvalue weighted by molar-refractivity contribution is 5.93. The fourth-order valence-corrected chi connectivity index (χ4v) is 2.56. The maximum absolute atomic E-state index is 12.5. The van der Waals surface area contributed by atoms with Crippen LogP contribution < -0.4 is 15.4 Å². The van der Waals surface area contributed by atoms with Crippen LogP contribution in [0.15, 0.2) is 54.9 Å². The highest BCUT2D eigenvalue weighted by Crippen LogP contribution is 2.20. The van der Waals surface area contributed by atoms with Gasteiger partial charge in [-0.2, -0.15) is 0 Å². The molecular formula is C21H23N5O2. The zero-order chi connectivity index (χ0) is 19.9. The van der Waals surface area contributed by atoms with Crippen molar-refractivity contribution in [3.05, 3.63) is 71.9 Å². The van der Waals surface area contributed by atoms with Crippen LogP contribution in [0, 0.1) is 6.92 Å². The molecule has 7 nitrogen and oxygen atoms in total. The zero-order valence-electron chi connectivity index (χ0n) is 16.1. The summed E-state index contributed by atoms with van der Waals surface area (Å²) in [4.78, 5) is 25.0. The highest BCUT2D eigenvalue weighted by Gasteiger charge is 2.11. The smallest absolute Gasteiger partial charge is 0.270 e. The maximum Gasteiger partial charge on any atom is 0.270 e. The van der Waals surface area contributed by atoms with E-state index in [0.717, 1.165) is 17.0 Å². The molecule has 7 heteroatoms. The quantitative estimate of drug-likeness (QED) is 0.653. The van der Waals surface area contributed by atoms with Crippen LogP contribution in [-0.4, -0.2) is 27.0 Å². The Morgan fingerprint density at radius 3 is 2.46 bits per heavy atom. The number of benzene rings is 1. The van der Waals surface area contributed by atoms with E-state index in [1.165, 1.54) is 0 Å². The summed E-state index contributed by atoms with van der Waals surface area (Å²) in [7, 11) is 0. The van der Waals surface area contributed by atoms with Gasteiger partial charge < -0.3 is 15.4 Å². The van der Waals surface area contributed by atoms with Crippen LogP contribution in [-0.2, 0) is 6.54 Å². The molecule has 28 heavy (non-hydrogen) atoms. The number of aryl methyl sites for hydroxylation is 1. The van der Waals surface area contributed by atoms with Crippen molar-refractivity contribution >= 4 is 17.4 Å². The lowest BCUT2D eigenvalue weighted by molar-refractivity contribution is 0.0945. The van der Waals surface area contributed by atoms with E-state index in [-0.39, 0.29) is 12.0 Å². The Hall–Kier alpha value is -3.48. The van der Waals surface area contributed by atoms with Crippen molar-refractivity contribution in [1.29, 1.82) is 0 Å². The summed E-state index contributed by atoms with van der Waals surface area (Å²) in [5.41, 5.74) is 2.12. The van der Waals surface area contributed by atoms with E-state index < -0.39 is 0 Å². The molecule has 1 amide bonds. The molecule has 3 rings (SSSR count). The van der Waals surface area contributed by atoms with Crippen LogP contribution in [0.2, 0.25) is 0 Å². The number of carbonyl (C=O) groups is 1. The van der Waals surface area contributed by atoms with E-state index in [0.29, 0.717) is 23.9 Å². The molecule has 2 heterocycles.